The minimum absolute atomic E-state index is 0.145. The molecule has 22 heavy (non-hydrogen) atoms. The molecular weight excluding hydrogens is 298 g/mol. The van der Waals surface area contributed by atoms with Gasteiger partial charge in [0.05, 0.1) is 21.6 Å². The number of halogens is 1. The molecule has 1 heterocycles. The zero-order chi connectivity index (χ0) is 15.5. The Morgan fingerprint density at radius 2 is 1.86 bits per heavy atom. The molecule has 5 heteroatoms. The maximum atomic E-state index is 12.9. The molecule has 0 saturated heterocycles. The smallest absolute Gasteiger partial charge is 0.267 e. The number of benzene rings is 2. The molecule has 112 valence electrons. The van der Waals surface area contributed by atoms with Gasteiger partial charge in [0.2, 0.25) is 0 Å². The normalized spacial score (nSPS) is 11.0. The van der Waals surface area contributed by atoms with E-state index in [-0.39, 0.29) is 5.56 Å². The van der Waals surface area contributed by atoms with Crippen molar-refractivity contribution in [3.8, 4) is 5.69 Å². The van der Waals surface area contributed by atoms with Crippen LogP contribution in [0.15, 0.2) is 53.3 Å². The fraction of sp³-hybridized carbons (Fsp3) is 0.176. The fourth-order valence-electron chi connectivity index (χ4n) is 2.51. The maximum Gasteiger partial charge on any atom is 0.267 e. The molecule has 3 rings (SSSR count). The summed E-state index contributed by atoms with van der Waals surface area (Å²) in [6.07, 6.45) is 1.41. The van der Waals surface area contributed by atoms with Crippen LogP contribution >= 0.6 is 11.6 Å². The summed E-state index contributed by atoms with van der Waals surface area (Å²) in [4.78, 5) is 17.6. The lowest BCUT2D eigenvalue weighted by Crippen LogP contribution is -2.24. The van der Waals surface area contributed by atoms with Crippen LogP contribution in [0.2, 0.25) is 5.02 Å². The topological polar surface area (TPSA) is 60.9 Å². The van der Waals surface area contributed by atoms with Gasteiger partial charge in [-0.15, -0.1) is 0 Å². The fourth-order valence-corrected chi connectivity index (χ4v) is 2.76. The van der Waals surface area contributed by atoms with Gasteiger partial charge in [-0.1, -0.05) is 35.9 Å². The molecule has 4 nitrogen and oxygen atoms in total. The number of hydrogen-bond acceptors (Lipinski definition) is 3. The highest BCUT2D eigenvalue weighted by Crippen LogP contribution is 2.20. The summed E-state index contributed by atoms with van der Waals surface area (Å²) >= 11 is 6.21. The van der Waals surface area contributed by atoms with E-state index in [2.05, 4.69) is 4.98 Å². The lowest BCUT2D eigenvalue weighted by Gasteiger charge is -2.14. The highest BCUT2D eigenvalue weighted by Gasteiger charge is 2.14. The molecule has 0 radical (unpaired) electrons. The van der Waals surface area contributed by atoms with Gasteiger partial charge >= 0.3 is 0 Å². The van der Waals surface area contributed by atoms with Crippen molar-refractivity contribution in [2.45, 2.75) is 12.8 Å². The summed E-state index contributed by atoms with van der Waals surface area (Å²) in [5, 5.41) is 0.870. The number of aryl methyl sites for hydroxylation is 1. The largest absolute Gasteiger partial charge is 0.330 e. The van der Waals surface area contributed by atoms with E-state index in [1.807, 2.05) is 36.4 Å². The molecular formula is C17H16ClN3O. The van der Waals surface area contributed by atoms with Crippen molar-refractivity contribution in [3.05, 3.63) is 69.7 Å². The van der Waals surface area contributed by atoms with Crippen LogP contribution in [0.4, 0.5) is 0 Å². The Labute approximate surface area is 133 Å². The lowest BCUT2D eigenvalue weighted by atomic mass is 10.2. The number of aromatic nitrogens is 2. The molecule has 3 aromatic rings. The monoisotopic (exact) mass is 313 g/mol. The van der Waals surface area contributed by atoms with Gasteiger partial charge in [0, 0.05) is 6.42 Å². The SMILES string of the molecule is NCCCc1nc2cccc(Cl)c2c(=O)n1-c1ccccc1. The molecule has 0 bridgehead atoms. The molecule has 0 aliphatic rings. The molecule has 2 aromatic carbocycles. The van der Waals surface area contributed by atoms with E-state index in [0.29, 0.717) is 34.7 Å². The predicted octanol–water partition coefficient (Wildman–Crippen LogP) is 2.93. The summed E-state index contributed by atoms with van der Waals surface area (Å²) in [5.74, 6) is 0.705. The second-order valence-corrected chi connectivity index (χ2v) is 5.44. The van der Waals surface area contributed by atoms with Gasteiger partial charge in [0.25, 0.3) is 5.56 Å². The van der Waals surface area contributed by atoms with Crippen molar-refractivity contribution < 1.29 is 0 Å². The van der Waals surface area contributed by atoms with Crippen LogP contribution in [0.3, 0.4) is 0 Å². The highest BCUT2D eigenvalue weighted by atomic mass is 35.5. The van der Waals surface area contributed by atoms with Gasteiger partial charge < -0.3 is 5.73 Å². The maximum absolute atomic E-state index is 12.9. The Morgan fingerprint density at radius 1 is 1.09 bits per heavy atom. The first-order valence-electron chi connectivity index (χ1n) is 7.18. The van der Waals surface area contributed by atoms with Gasteiger partial charge in [0.15, 0.2) is 0 Å². The number of nitrogens with two attached hydrogens (primary N) is 1. The quantitative estimate of drug-likeness (QED) is 0.805. The average Bonchev–Trinajstić information content (AvgIpc) is 2.53. The molecule has 0 aliphatic heterocycles. The molecule has 0 fully saturated rings. The first kappa shape index (κ1) is 14.8. The van der Waals surface area contributed by atoms with E-state index in [1.54, 1.807) is 16.7 Å². The number of fused-ring (bicyclic) bond motifs is 1. The van der Waals surface area contributed by atoms with Crippen LogP contribution in [-0.4, -0.2) is 16.1 Å². The van der Waals surface area contributed by atoms with Crippen molar-refractivity contribution in [1.82, 2.24) is 9.55 Å². The molecule has 0 amide bonds. The second kappa shape index (κ2) is 6.30. The zero-order valence-electron chi connectivity index (χ0n) is 12.0. The average molecular weight is 314 g/mol. The van der Waals surface area contributed by atoms with Crippen LogP contribution in [0.5, 0.6) is 0 Å². The molecule has 1 aromatic heterocycles. The van der Waals surface area contributed by atoms with Gasteiger partial charge in [-0.2, -0.15) is 0 Å². The van der Waals surface area contributed by atoms with E-state index in [9.17, 15) is 4.79 Å². The highest BCUT2D eigenvalue weighted by molar-refractivity contribution is 6.35. The summed E-state index contributed by atoms with van der Waals surface area (Å²) in [5.41, 5.74) is 6.87. The summed E-state index contributed by atoms with van der Waals surface area (Å²) < 4.78 is 1.63. The van der Waals surface area contributed by atoms with Crippen molar-refractivity contribution in [2.24, 2.45) is 5.73 Å². The second-order valence-electron chi connectivity index (χ2n) is 5.03. The van der Waals surface area contributed by atoms with Crippen LogP contribution in [0.25, 0.3) is 16.6 Å². The van der Waals surface area contributed by atoms with Gasteiger partial charge in [-0.3, -0.25) is 9.36 Å². The van der Waals surface area contributed by atoms with Crippen LogP contribution in [-0.2, 0) is 6.42 Å². The minimum Gasteiger partial charge on any atom is -0.330 e. The lowest BCUT2D eigenvalue weighted by molar-refractivity contribution is 0.741. The van der Waals surface area contributed by atoms with Gasteiger partial charge in [0.1, 0.15) is 5.82 Å². The first-order valence-corrected chi connectivity index (χ1v) is 7.56. The van der Waals surface area contributed by atoms with Crippen molar-refractivity contribution in [1.29, 1.82) is 0 Å². The Kier molecular flexibility index (Phi) is 4.22. The summed E-state index contributed by atoms with van der Waals surface area (Å²) in [6.45, 7) is 0.554. The Balaban J connectivity index is 2.34. The Hall–Kier alpha value is -2.17. The zero-order valence-corrected chi connectivity index (χ0v) is 12.8. The van der Waals surface area contributed by atoms with Crippen LogP contribution < -0.4 is 11.3 Å². The minimum atomic E-state index is -0.145. The molecule has 0 unspecified atom stereocenters. The van der Waals surface area contributed by atoms with E-state index in [4.69, 9.17) is 17.3 Å². The molecule has 0 spiro atoms. The number of rotatable bonds is 4. The van der Waals surface area contributed by atoms with Crippen molar-refractivity contribution in [3.63, 3.8) is 0 Å². The number of para-hydroxylation sites is 1. The summed E-state index contributed by atoms with van der Waals surface area (Å²) in [6, 6.07) is 14.8. The molecule has 2 N–H and O–H groups in total. The third-order valence-electron chi connectivity index (χ3n) is 3.54. The Bertz CT molecular complexity index is 859. The molecule has 0 saturated carbocycles. The first-order chi connectivity index (χ1) is 10.7. The van der Waals surface area contributed by atoms with E-state index in [0.717, 1.165) is 12.1 Å². The van der Waals surface area contributed by atoms with E-state index in [1.165, 1.54) is 0 Å². The third-order valence-corrected chi connectivity index (χ3v) is 3.85. The van der Waals surface area contributed by atoms with Crippen molar-refractivity contribution >= 4 is 22.5 Å². The number of hydrogen-bond donors (Lipinski definition) is 1. The molecule has 0 atom stereocenters. The van der Waals surface area contributed by atoms with E-state index < -0.39 is 0 Å². The Morgan fingerprint density at radius 3 is 2.59 bits per heavy atom. The van der Waals surface area contributed by atoms with Gasteiger partial charge in [-0.25, -0.2) is 4.98 Å². The van der Waals surface area contributed by atoms with Crippen molar-refractivity contribution in [2.75, 3.05) is 6.54 Å². The number of nitrogens with zero attached hydrogens (tertiary/aromatic N) is 2. The third kappa shape index (κ3) is 2.63. The van der Waals surface area contributed by atoms with Gasteiger partial charge in [-0.05, 0) is 37.2 Å². The van der Waals surface area contributed by atoms with Crippen LogP contribution in [0.1, 0.15) is 12.2 Å². The van der Waals surface area contributed by atoms with Crippen LogP contribution in [0, 0.1) is 0 Å². The van der Waals surface area contributed by atoms with E-state index >= 15 is 0 Å². The standard InChI is InChI=1S/C17H16ClN3O/c18-13-8-4-9-14-16(13)17(22)21(12-6-2-1-3-7-12)15(20-14)10-5-11-19/h1-4,6-9H,5,10-11,19H2. The predicted molar refractivity (Wildman–Crippen MR) is 89.7 cm³/mol. The molecule has 0 aliphatic carbocycles. The summed E-state index contributed by atoms with van der Waals surface area (Å²) in [7, 11) is 0.